The summed E-state index contributed by atoms with van der Waals surface area (Å²) in [4.78, 5) is 14.3. The maximum atomic E-state index is 12.1. The van der Waals surface area contributed by atoms with Crippen LogP contribution in [0.15, 0.2) is 12.1 Å². The molecule has 90 valence electrons. The molecule has 0 aromatic heterocycles. The molecule has 0 aliphatic carbocycles. The quantitative estimate of drug-likeness (QED) is 0.727. The van der Waals surface area contributed by atoms with Crippen molar-refractivity contribution in [2.24, 2.45) is 0 Å². The summed E-state index contributed by atoms with van der Waals surface area (Å²) in [6.45, 7) is 4.51. The maximum absolute atomic E-state index is 12.1. The van der Waals surface area contributed by atoms with Crippen LogP contribution >= 0.6 is 11.6 Å². The highest BCUT2D eigenvalue weighted by atomic mass is 35.5. The van der Waals surface area contributed by atoms with Crippen LogP contribution < -0.4 is 15.5 Å². The number of anilines is 1. The molecule has 2 aliphatic heterocycles. The molecule has 1 amide bonds. The predicted octanol–water partition coefficient (Wildman–Crippen LogP) is 1.13. The van der Waals surface area contributed by atoms with Crippen molar-refractivity contribution >= 4 is 23.2 Å². The van der Waals surface area contributed by atoms with Gasteiger partial charge in [-0.1, -0.05) is 17.7 Å². The molecule has 2 heterocycles. The Balaban J connectivity index is 2.14. The highest BCUT2D eigenvalue weighted by Gasteiger charge is 2.33. The number of amides is 1. The van der Waals surface area contributed by atoms with E-state index in [0.29, 0.717) is 10.6 Å². The molecule has 5 heteroatoms. The lowest BCUT2D eigenvalue weighted by Gasteiger charge is -2.42. The minimum absolute atomic E-state index is 0.0440. The largest absolute Gasteiger partial charge is 0.348 e. The molecule has 1 aromatic rings. The maximum Gasteiger partial charge on any atom is 0.256 e. The molecular formula is C12H14ClN3O. The van der Waals surface area contributed by atoms with Crippen molar-refractivity contribution < 1.29 is 4.79 Å². The van der Waals surface area contributed by atoms with Crippen LogP contribution in [0.25, 0.3) is 0 Å². The van der Waals surface area contributed by atoms with Gasteiger partial charge < -0.3 is 15.5 Å². The zero-order valence-corrected chi connectivity index (χ0v) is 10.3. The smallest absolute Gasteiger partial charge is 0.256 e. The van der Waals surface area contributed by atoms with Gasteiger partial charge in [-0.15, -0.1) is 0 Å². The second kappa shape index (κ2) is 3.89. The zero-order chi connectivity index (χ0) is 12.0. The average Bonchev–Trinajstić information content (AvgIpc) is 2.33. The molecule has 0 saturated carbocycles. The number of rotatable bonds is 0. The van der Waals surface area contributed by atoms with Gasteiger partial charge in [0.05, 0.1) is 16.3 Å². The molecule has 2 aliphatic rings. The molecule has 3 rings (SSSR count). The fraction of sp³-hybridized carbons (Fsp3) is 0.417. The van der Waals surface area contributed by atoms with E-state index in [2.05, 4.69) is 15.5 Å². The predicted molar refractivity (Wildman–Crippen MR) is 67.7 cm³/mol. The van der Waals surface area contributed by atoms with Gasteiger partial charge in [-0.25, -0.2) is 0 Å². The Labute approximate surface area is 105 Å². The molecule has 2 N–H and O–H groups in total. The van der Waals surface area contributed by atoms with Crippen molar-refractivity contribution in [1.29, 1.82) is 0 Å². The van der Waals surface area contributed by atoms with Crippen LogP contribution in [0.3, 0.4) is 0 Å². The Morgan fingerprint density at radius 2 is 2.29 bits per heavy atom. The van der Waals surface area contributed by atoms with E-state index in [4.69, 9.17) is 11.6 Å². The minimum atomic E-state index is -0.0707. The van der Waals surface area contributed by atoms with Crippen molar-refractivity contribution in [3.8, 4) is 0 Å². The van der Waals surface area contributed by atoms with E-state index < -0.39 is 0 Å². The van der Waals surface area contributed by atoms with E-state index in [9.17, 15) is 4.79 Å². The van der Waals surface area contributed by atoms with Crippen LogP contribution in [0.1, 0.15) is 15.9 Å². The summed E-state index contributed by atoms with van der Waals surface area (Å²) in [7, 11) is 0. The summed E-state index contributed by atoms with van der Waals surface area (Å²) in [6, 6.07) is 3.96. The fourth-order valence-corrected chi connectivity index (χ4v) is 2.72. The number of piperazine rings is 1. The SMILES string of the molecule is Cc1ccc2c(c1Cl)C(=O)N[C@H]1CNCCN21. The van der Waals surface area contributed by atoms with Crippen LogP contribution in [0.5, 0.6) is 0 Å². The number of carbonyl (C=O) groups excluding carboxylic acids is 1. The number of hydrogen-bond acceptors (Lipinski definition) is 3. The summed E-state index contributed by atoms with van der Waals surface area (Å²) >= 11 is 6.23. The molecule has 0 unspecified atom stereocenters. The van der Waals surface area contributed by atoms with E-state index in [-0.39, 0.29) is 12.1 Å². The van der Waals surface area contributed by atoms with Gasteiger partial charge in [0, 0.05) is 19.6 Å². The zero-order valence-electron chi connectivity index (χ0n) is 9.59. The van der Waals surface area contributed by atoms with Crippen LogP contribution in [-0.2, 0) is 0 Å². The molecule has 1 saturated heterocycles. The lowest BCUT2D eigenvalue weighted by molar-refractivity contribution is 0.0923. The first-order chi connectivity index (χ1) is 8.18. The molecule has 1 atom stereocenters. The van der Waals surface area contributed by atoms with Crippen LogP contribution in [0.4, 0.5) is 5.69 Å². The third-order valence-corrected chi connectivity index (χ3v) is 3.88. The van der Waals surface area contributed by atoms with E-state index in [0.717, 1.165) is 30.9 Å². The molecule has 4 nitrogen and oxygen atoms in total. The van der Waals surface area contributed by atoms with Gasteiger partial charge in [-0.2, -0.15) is 0 Å². The van der Waals surface area contributed by atoms with E-state index >= 15 is 0 Å². The number of hydrogen-bond donors (Lipinski definition) is 2. The summed E-state index contributed by atoms with van der Waals surface area (Å²) < 4.78 is 0. The van der Waals surface area contributed by atoms with Gasteiger partial charge in [0.2, 0.25) is 0 Å². The number of carbonyl (C=O) groups is 1. The van der Waals surface area contributed by atoms with E-state index in [1.807, 2.05) is 19.1 Å². The number of benzene rings is 1. The van der Waals surface area contributed by atoms with Gasteiger partial charge in [-0.05, 0) is 18.6 Å². The van der Waals surface area contributed by atoms with Crippen molar-refractivity contribution in [1.82, 2.24) is 10.6 Å². The summed E-state index contributed by atoms with van der Waals surface area (Å²) in [5.74, 6) is -0.0707. The Hall–Kier alpha value is -1.26. The van der Waals surface area contributed by atoms with Gasteiger partial charge >= 0.3 is 0 Å². The second-order valence-electron chi connectivity index (χ2n) is 4.48. The third kappa shape index (κ3) is 1.59. The molecule has 0 radical (unpaired) electrons. The van der Waals surface area contributed by atoms with Gasteiger partial charge in [-0.3, -0.25) is 4.79 Å². The van der Waals surface area contributed by atoms with Crippen LogP contribution in [-0.4, -0.2) is 31.7 Å². The monoisotopic (exact) mass is 251 g/mol. The Bertz CT molecular complexity index is 489. The average molecular weight is 252 g/mol. The van der Waals surface area contributed by atoms with Gasteiger partial charge in [0.15, 0.2) is 0 Å². The van der Waals surface area contributed by atoms with Gasteiger partial charge in [0.1, 0.15) is 6.17 Å². The first-order valence-corrected chi connectivity index (χ1v) is 6.13. The van der Waals surface area contributed by atoms with Crippen LogP contribution in [0.2, 0.25) is 5.02 Å². The first kappa shape index (κ1) is 10.9. The number of halogens is 1. The molecular weight excluding hydrogens is 238 g/mol. The lowest BCUT2D eigenvalue weighted by Crippen LogP contribution is -2.62. The topological polar surface area (TPSA) is 44.4 Å². The van der Waals surface area contributed by atoms with Crippen LogP contribution in [0, 0.1) is 6.92 Å². The molecule has 17 heavy (non-hydrogen) atoms. The summed E-state index contributed by atoms with van der Waals surface area (Å²) in [5.41, 5.74) is 2.51. The molecule has 0 spiro atoms. The standard InChI is InChI=1S/C12H14ClN3O/c1-7-2-3-8-10(11(7)13)12(17)15-9-6-14-4-5-16(8)9/h2-3,9,14H,4-6H2,1H3,(H,15,17)/t9-/m1/s1. The number of aryl methyl sites for hydroxylation is 1. The normalized spacial score (nSPS) is 22.8. The van der Waals surface area contributed by atoms with Crippen molar-refractivity contribution in [2.75, 3.05) is 24.5 Å². The molecule has 0 bridgehead atoms. The molecule has 1 fully saturated rings. The minimum Gasteiger partial charge on any atom is -0.348 e. The number of fused-ring (bicyclic) bond motifs is 3. The fourth-order valence-electron chi connectivity index (χ4n) is 2.47. The second-order valence-corrected chi connectivity index (χ2v) is 4.86. The first-order valence-electron chi connectivity index (χ1n) is 5.76. The summed E-state index contributed by atoms with van der Waals surface area (Å²) in [5, 5.41) is 6.82. The Morgan fingerprint density at radius 3 is 3.12 bits per heavy atom. The van der Waals surface area contributed by atoms with E-state index in [1.165, 1.54) is 0 Å². The highest BCUT2D eigenvalue weighted by Crippen LogP contribution is 2.34. The Morgan fingerprint density at radius 1 is 1.47 bits per heavy atom. The summed E-state index contributed by atoms with van der Waals surface area (Å²) in [6.07, 6.45) is 0.0440. The van der Waals surface area contributed by atoms with E-state index in [1.54, 1.807) is 0 Å². The van der Waals surface area contributed by atoms with Crippen molar-refractivity contribution in [2.45, 2.75) is 13.1 Å². The van der Waals surface area contributed by atoms with Gasteiger partial charge in [0.25, 0.3) is 5.91 Å². The number of nitrogens with zero attached hydrogens (tertiary/aromatic N) is 1. The molecule has 1 aromatic carbocycles. The Kier molecular flexibility index (Phi) is 2.49. The highest BCUT2D eigenvalue weighted by molar-refractivity contribution is 6.35. The lowest BCUT2D eigenvalue weighted by atomic mass is 10.0. The third-order valence-electron chi connectivity index (χ3n) is 3.39. The van der Waals surface area contributed by atoms with Crippen molar-refractivity contribution in [3.63, 3.8) is 0 Å². The van der Waals surface area contributed by atoms with Crippen molar-refractivity contribution in [3.05, 3.63) is 28.3 Å². The number of nitrogens with one attached hydrogen (secondary N) is 2.